The van der Waals surface area contributed by atoms with Gasteiger partial charge in [-0.1, -0.05) is 22.0 Å². The van der Waals surface area contributed by atoms with Crippen molar-refractivity contribution in [3.63, 3.8) is 0 Å². The van der Waals surface area contributed by atoms with E-state index in [1.165, 1.54) is 11.1 Å². The first-order valence-electron chi connectivity index (χ1n) is 8.65. The van der Waals surface area contributed by atoms with Gasteiger partial charge >= 0.3 is 0 Å². The van der Waals surface area contributed by atoms with Gasteiger partial charge in [-0.3, -0.25) is 15.0 Å². The minimum absolute atomic E-state index is 0.0217. The van der Waals surface area contributed by atoms with Gasteiger partial charge in [0, 0.05) is 34.9 Å². The van der Waals surface area contributed by atoms with Crippen LogP contribution < -0.4 is 15.3 Å². The van der Waals surface area contributed by atoms with Gasteiger partial charge in [0.05, 0.1) is 5.69 Å². The number of halogens is 1. The molecule has 27 heavy (non-hydrogen) atoms. The summed E-state index contributed by atoms with van der Waals surface area (Å²) in [6.07, 6.45) is 1.41. The number of amides is 2. The number of nitrogens with one attached hydrogen (secondary N) is 1. The summed E-state index contributed by atoms with van der Waals surface area (Å²) in [5.74, 6) is -0.953. The molecular weight excluding hydrogens is 410 g/mol. The normalized spacial score (nSPS) is 15.4. The van der Waals surface area contributed by atoms with Gasteiger partial charge in [0.2, 0.25) is 0 Å². The number of rotatable bonds is 5. The Kier molecular flexibility index (Phi) is 5.51. The molecule has 0 radical (unpaired) electrons. The minimum Gasteiger partial charge on any atom is -0.507 e. The fourth-order valence-corrected chi connectivity index (χ4v) is 3.34. The second kappa shape index (κ2) is 7.84. The molecule has 1 saturated heterocycles. The van der Waals surface area contributed by atoms with Crippen molar-refractivity contribution in [2.75, 3.05) is 23.0 Å². The van der Waals surface area contributed by atoms with Crippen LogP contribution in [-0.4, -0.2) is 30.0 Å². The second-order valence-corrected chi connectivity index (χ2v) is 6.95. The number of carbonyl (C=O) groups is 2. The quantitative estimate of drug-likeness (QED) is 0.563. The number of hydrogen-bond acceptors (Lipinski definition) is 4. The van der Waals surface area contributed by atoms with Gasteiger partial charge in [-0.25, -0.2) is 5.01 Å². The molecule has 140 valence electrons. The third kappa shape index (κ3) is 3.83. The Labute approximate surface area is 166 Å². The number of carbonyl (C=O) groups excluding carboxylic acids is 2. The predicted molar refractivity (Wildman–Crippen MR) is 109 cm³/mol. The number of nitrogens with zero attached hydrogens (tertiary/aromatic N) is 2. The Morgan fingerprint density at radius 2 is 1.89 bits per heavy atom. The van der Waals surface area contributed by atoms with E-state index < -0.39 is 11.8 Å². The van der Waals surface area contributed by atoms with Gasteiger partial charge in [0.25, 0.3) is 11.8 Å². The molecule has 1 heterocycles. The molecule has 6 nitrogen and oxygen atoms in total. The zero-order valence-electron chi connectivity index (χ0n) is 15.1. The van der Waals surface area contributed by atoms with Gasteiger partial charge < -0.3 is 10.0 Å². The van der Waals surface area contributed by atoms with Crippen LogP contribution in [0.5, 0.6) is 5.75 Å². The fraction of sp³-hybridized carbons (Fsp3) is 0.200. The smallest absolute Gasteiger partial charge is 0.282 e. The zero-order valence-corrected chi connectivity index (χ0v) is 16.7. The fourth-order valence-electron chi connectivity index (χ4n) is 2.95. The van der Waals surface area contributed by atoms with Gasteiger partial charge in [0.15, 0.2) is 0 Å². The van der Waals surface area contributed by atoms with Crippen LogP contribution in [0.15, 0.2) is 52.5 Å². The summed E-state index contributed by atoms with van der Waals surface area (Å²) in [5, 5.41) is 11.5. The highest BCUT2D eigenvalue weighted by atomic mass is 79.9. The second-order valence-electron chi connectivity index (χ2n) is 6.03. The minimum atomic E-state index is -0.507. The van der Waals surface area contributed by atoms with Gasteiger partial charge in [-0.2, -0.15) is 0 Å². The first kappa shape index (κ1) is 19.0. The molecule has 2 N–H and O–H groups in total. The molecule has 1 aliphatic heterocycles. The number of phenolic OH excluding ortho intramolecular Hbond substituents is 1. The predicted octanol–water partition coefficient (Wildman–Crippen LogP) is 3.46. The van der Waals surface area contributed by atoms with E-state index in [0.29, 0.717) is 11.3 Å². The molecule has 2 amide bonds. The van der Waals surface area contributed by atoms with Crippen LogP contribution in [-0.2, 0) is 9.59 Å². The van der Waals surface area contributed by atoms with Crippen molar-refractivity contribution in [1.82, 2.24) is 5.43 Å². The Bertz CT molecular complexity index is 922. The van der Waals surface area contributed by atoms with Crippen LogP contribution in [0.4, 0.5) is 11.4 Å². The van der Waals surface area contributed by atoms with E-state index in [-0.39, 0.29) is 11.3 Å². The van der Waals surface area contributed by atoms with Crippen LogP contribution in [0.2, 0.25) is 0 Å². The summed E-state index contributed by atoms with van der Waals surface area (Å²) in [4.78, 5) is 27.1. The molecular formula is C20H20BrN3O3. The molecule has 0 unspecified atom stereocenters. The van der Waals surface area contributed by atoms with Gasteiger partial charge in [0.1, 0.15) is 11.3 Å². The third-order valence-corrected chi connectivity index (χ3v) is 4.89. The van der Waals surface area contributed by atoms with Gasteiger partial charge in [-0.05, 0) is 50.3 Å². The zero-order chi connectivity index (χ0) is 19.6. The van der Waals surface area contributed by atoms with E-state index in [1.54, 1.807) is 30.3 Å². The molecule has 2 aromatic rings. The summed E-state index contributed by atoms with van der Waals surface area (Å²) >= 11 is 3.35. The van der Waals surface area contributed by atoms with Crippen LogP contribution >= 0.6 is 15.9 Å². The lowest BCUT2D eigenvalue weighted by molar-refractivity contribution is -0.117. The summed E-state index contributed by atoms with van der Waals surface area (Å²) in [6.45, 7) is 5.71. The van der Waals surface area contributed by atoms with Crippen molar-refractivity contribution in [3.05, 3.63) is 58.1 Å². The van der Waals surface area contributed by atoms with E-state index in [2.05, 4.69) is 26.3 Å². The van der Waals surface area contributed by atoms with E-state index in [9.17, 15) is 14.7 Å². The maximum atomic E-state index is 12.7. The lowest BCUT2D eigenvalue weighted by Gasteiger charge is -2.21. The average molecular weight is 430 g/mol. The Balaban J connectivity index is 1.91. The number of hydrazine groups is 1. The maximum absolute atomic E-state index is 12.7. The first-order valence-corrected chi connectivity index (χ1v) is 9.44. The number of benzene rings is 2. The summed E-state index contributed by atoms with van der Waals surface area (Å²) in [6, 6.07) is 12.3. The molecule has 0 aliphatic carbocycles. The molecule has 1 fully saturated rings. The SMILES string of the molecule is CCN(CC)c1ccc(/C=C2/C(=O)NN(c3cccc(Br)c3)C2=O)c(O)c1. The lowest BCUT2D eigenvalue weighted by Crippen LogP contribution is -2.35. The number of hydrogen-bond donors (Lipinski definition) is 2. The molecule has 0 spiro atoms. The molecule has 7 heteroatoms. The summed E-state index contributed by atoms with van der Waals surface area (Å²) in [7, 11) is 0. The topological polar surface area (TPSA) is 72.9 Å². The number of phenols is 1. The first-order chi connectivity index (χ1) is 12.9. The monoisotopic (exact) mass is 429 g/mol. The number of aromatic hydroxyl groups is 1. The van der Waals surface area contributed by atoms with Crippen LogP contribution in [0, 0.1) is 0 Å². The Morgan fingerprint density at radius 1 is 1.15 bits per heavy atom. The van der Waals surface area contributed by atoms with Crippen molar-refractivity contribution < 1.29 is 14.7 Å². The Hall–Kier alpha value is -2.80. The summed E-state index contributed by atoms with van der Waals surface area (Å²) in [5.41, 5.74) is 4.38. The van der Waals surface area contributed by atoms with Crippen molar-refractivity contribution in [2.24, 2.45) is 0 Å². The van der Waals surface area contributed by atoms with Gasteiger partial charge in [-0.15, -0.1) is 0 Å². The van der Waals surface area contributed by atoms with Crippen LogP contribution in [0.25, 0.3) is 6.08 Å². The van der Waals surface area contributed by atoms with E-state index >= 15 is 0 Å². The molecule has 0 bridgehead atoms. The lowest BCUT2D eigenvalue weighted by atomic mass is 10.1. The largest absolute Gasteiger partial charge is 0.507 e. The average Bonchev–Trinajstić information content (AvgIpc) is 2.93. The highest BCUT2D eigenvalue weighted by Gasteiger charge is 2.34. The van der Waals surface area contributed by atoms with Crippen LogP contribution in [0.1, 0.15) is 19.4 Å². The molecule has 0 aromatic heterocycles. The van der Waals surface area contributed by atoms with Crippen molar-refractivity contribution >= 4 is 45.2 Å². The maximum Gasteiger partial charge on any atom is 0.282 e. The highest BCUT2D eigenvalue weighted by Crippen LogP contribution is 2.29. The molecule has 3 rings (SSSR count). The third-order valence-electron chi connectivity index (χ3n) is 4.40. The molecule has 0 atom stereocenters. The van der Waals surface area contributed by atoms with Crippen LogP contribution in [0.3, 0.4) is 0 Å². The van der Waals surface area contributed by atoms with Crippen molar-refractivity contribution in [3.8, 4) is 5.75 Å². The molecule has 1 aliphatic rings. The summed E-state index contributed by atoms with van der Waals surface area (Å²) < 4.78 is 0.795. The molecule has 0 saturated carbocycles. The van der Waals surface area contributed by atoms with Crippen molar-refractivity contribution in [2.45, 2.75) is 13.8 Å². The molecule has 2 aromatic carbocycles. The standard InChI is InChI=1S/C20H20BrN3O3/c1-3-23(4-2)15-9-8-13(18(25)12-15)10-17-19(26)22-24(20(17)27)16-7-5-6-14(21)11-16/h5-12,25H,3-4H2,1-2H3,(H,22,26)/b17-10-. The highest BCUT2D eigenvalue weighted by molar-refractivity contribution is 9.10. The number of anilines is 2. The van der Waals surface area contributed by atoms with E-state index in [0.717, 1.165) is 23.2 Å². The van der Waals surface area contributed by atoms with Crippen molar-refractivity contribution in [1.29, 1.82) is 0 Å². The Morgan fingerprint density at radius 3 is 2.52 bits per heavy atom. The van der Waals surface area contributed by atoms with E-state index in [4.69, 9.17) is 0 Å². The van der Waals surface area contributed by atoms with E-state index in [1.807, 2.05) is 26.0 Å².